The fraction of sp³-hybridized carbons (Fsp3) is 0.333. The summed E-state index contributed by atoms with van der Waals surface area (Å²) in [6.45, 7) is 5.19. The summed E-state index contributed by atoms with van der Waals surface area (Å²) in [4.78, 5) is 0. The van der Waals surface area contributed by atoms with E-state index in [9.17, 15) is 0 Å². The van der Waals surface area contributed by atoms with E-state index in [1.165, 1.54) is 16.3 Å². The number of fused-ring (bicyclic) bond motifs is 2. The second-order valence-electron chi connectivity index (χ2n) is 4.69. The molecule has 3 heteroatoms. The zero-order valence-corrected chi connectivity index (χ0v) is 12.1. The molecule has 1 N–H and O–H groups in total. The number of halogens is 1. The van der Waals surface area contributed by atoms with Crippen LogP contribution in [0.4, 0.5) is 0 Å². The van der Waals surface area contributed by atoms with Crippen LogP contribution in [0.2, 0.25) is 0 Å². The molecule has 2 aromatic carbocycles. The molecule has 0 aromatic heterocycles. The van der Waals surface area contributed by atoms with Gasteiger partial charge in [-0.05, 0) is 46.2 Å². The number of ether oxygens (including phenoxy) is 1. The molecule has 0 bridgehead atoms. The maximum atomic E-state index is 6.00. The summed E-state index contributed by atoms with van der Waals surface area (Å²) in [5, 5.41) is 5.96. The first-order chi connectivity index (χ1) is 8.72. The highest BCUT2D eigenvalue weighted by Gasteiger charge is 2.32. The van der Waals surface area contributed by atoms with Crippen LogP contribution in [0, 0.1) is 0 Å². The quantitative estimate of drug-likeness (QED) is 0.904. The lowest BCUT2D eigenvalue weighted by Crippen LogP contribution is -2.28. The molecule has 2 atom stereocenters. The molecular weight excluding hydrogens is 290 g/mol. The molecule has 2 nitrogen and oxygen atoms in total. The number of hydrogen-bond donors (Lipinski definition) is 1. The molecule has 1 heterocycles. The second kappa shape index (κ2) is 4.56. The van der Waals surface area contributed by atoms with Crippen LogP contribution in [-0.2, 0) is 0 Å². The molecule has 1 aliphatic rings. The lowest BCUT2D eigenvalue weighted by atomic mass is 10.0. The van der Waals surface area contributed by atoms with Crippen molar-refractivity contribution in [3.63, 3.8) is 0 Å². The Hall–Kier alpha value is -1.06. The Bertz CT molecular complexity index is 596. The van der Waals surface area contributed by atoms with E-state index in [0.29, 0.717) is 0 Å². The number of nitrogens with one attached hydrogen (secondary N) is 1. The van der Waals surface area contributed by atoms with E-state index >= 15 is 0 Å². The topological polar surface area (TPSA) is 21.3 Å². The maximum Gasteiger partial charge on any atom is 0.139 e. The molecule has 2 unspecified atom stereocenters. The van der Waals surface area contributed by atoms with E-state index in [1.807, 2.05) is 0 Å². The molecule has 0 spiro atoms. The normalized spacial score (nSPS) is 21.9. The van der Waals surface area contributed by atoms with Crippen molar-refractivity contribution in [2.45, 2.75) is 26.0 Å². The molecule has 0 fully saturated rings. The summed E-state index contributed by atoms with van der Waals surface area (Å²) in [6, 6.07) is 10.9. The van der Waals surface area contributed by atoms with Gasteiger partial charge in [0.25, 0.3) is 0 Å². The molecule has 0 aliphatic carbocycles. The third kappa shape index (κ3) is 1.73. The van der Waals surface area contributed by atoms with Crippen LogP contribution >= 0.6 is 15.9 Å². The average molecular weight is 306 g/mol. The maximum absolute atomic E-state index is 6.00. The van der Waals surface area contributed by atoms with Crippen LogP contribution in [0.3, 0.4) is 0 Å². The van der Waals surface area contributed by atoms with Gasteiger partial charge in [0.1, 0.15) is 11.9 Å². The van der Waals surface area contributed by atoms with Gasteiger partial charge in [-0.3, -0.25) is 0 Å². The summed E-state index contributed by atoms with van der Waals surface area (Å²) in [6.07, 6.45) is 0.174. The zero-order valence-electron chi connectivity index (χ0n) is 10.5. The Balaban J connectivity index is 2.22. The number of likely N-dealkylation sites (N-methyl/N-ethyl adjacent to an activating group) is 1. The molecule has 1 aliphatic heterocycles. The van der Waals surface area contributed by atoms with E-state index < -0.39 is 0 Å². The van der Waals surface area contributed by atoms with Gasteiger partial charge in [-0.2, -0.15) is 0 Å². The largest absolute Gasteiger partial charge is 0.487 e. The fourth-order valence-electron chi connectivity index (χ4n) is 2.66. The molecule has 0 radical (unpaired) electrons. The molecule has 0 amide bonds. The summed E-state index contributed by atoms with van der Waals surface area (Å²) < 4.78 is 7.07. The van der Waals surface area contributed by atoms with Crippen molar-refractivity contribution in [2.24, 2.45) is 0 Å². The van der Waals surface area contributed by atoms with Gasteiger partial charge in [0.2, 0.25) is 0 Å². The Labute approximate surface area is 115 Å². The fourth-order valence-corrected chi connectivity index (χ4v) is 3.34. The van der Waals surface area contributed by atoms with Crippen molar-refractivity contribution in [3.8, 4) is 5.75 Å². The zero-order chi connectivity index (χ0) is 12.7. The Morgan fingerprint density at radius 1 is 1.33 bits per heavy atom. The van der Waals surface area contributed by atoms with Gasteiger partial charge < -0.3 is 10.1 Å². The van der Waals surface area contributed by atoms with Crippen LogP contribution in [-0.4, -0.2) is 12.6 Å². The van der Waals surface area contributed by atoms with E-state index in [1.54, 1.807) is 0 Å². The summed E-state index contributed by atoms with van der Waals surface area (Å²) in [7, 11) is 0. The van der Waals surface area contributed by atoms with Crippen molar-refractivity contribution < 1.29 is 4.74 Å². The first kappa shape index (κ1) is 12.0. The van der Waals surface area contributed by atoms with Crippen molar-refractivity contribution in [1.29, 1.82) is 0 Å². The Kier molecular flexibility index (Phi) is 3.04. The standard InChI is InChI=1S/C15H16BrNO/c1-3-17-14-9(2)18-15-12(14)8-10-6-4-5-7-11(10)13(15)16/h4-9,14,17H,3H2,1-2H3. The third-order valence-electron chi connectivity index (χ3n) is 3.50. The first-order valence-electron chi connectivity index (χ1n) is 6.33. The van der Waals surface area contributed by atoms with E-state index in [4.69, 9.17) is 4.74 Å². The number of hydrogen-bond acceptors (Lipinski definition) is 2. The van der Waals surface area contributed by atoms with Gasteiger partial charge in [-0.1, -0.05) is 31.2 Å². The van der Waals surface area contributed by atoms with Crippen LogP contribution in [0.25, 0.3) is 10.8 Å². The molecule has 0 saturated carbocycles. The predicted molar refractivity (Wildman–Crippen MR) is 78.2 cm³/mol. The lowest BCUT2D eigenvalue weighted by molar-refractivity contribution is 0.210. The summed E-state index contributed by atoms with van der Waals surface area (Å²) >= 11 is 3.69. The van der Waals surface area contributed by atoms with Crippen molar-refractivity contribution >= 4 is 26.7 Å². The monoisotopic (exact) mass is 305 g/mol. The van der Waals surface area contributed by atoms with Gasteiger partial charge in [0.15, 0.2) is 0 Å². The van der Waals surface area contributed by atoms with Crippen molar-refractivity contribution in [3.05, 3.63) is 40.4 Å². The molecular formula is C15H16BrNO. The molecule has 94 valence electrons. The molecule has 2 aromatic rings. The van der Waals surface area contributed by atoms with Crippen LogP contribution in [0.1, 0.15) is 25.5 Å². The number of benzene rings is 2. The highest BCUT2D eigenvalue weighted by atomic mass is 79.9. The van der Waals surface area contributed by atoms with Gasteiger partial charge in [0, 0.05) is 5.56 Å². The molecule has 0 saturated heterocycles. The van der Waals surface area contributed by atoms with E-state index in [0.717, 1.165) is 16.8 Å². The van der Waals surface area contributed by atoms with Gasteiger partial charge in [-0.15, -0.1) is 0 Å². The van der Waals surface area contributed by atoms with Gasteiger partial charge in [-0.25, -0.2) is 0 Å². The van der Waals surface area contributed by atoms with Crippen molar-refractivity contribution in [1.82, 2.24) is 5.32 Å². The third-order valence-corrected chi connectivity index (χ3v) is 4.29. The van der Waals surface area contributed by atoms with Crippen LogP contribution in [0.5, 0.6) is 5.75 Å². The summed E-state index contributed by atoms with van der Waals surface area (Å²) in [5.74, 6) is 0.993. The van der Waals surface area contributed by atoms with E-state index in [-0.39, 0.29) is 12.1 Å². The Morgan fingerprint density at radius 2 is 2.11 bits per heavy atom. The lowest BCUT2D eigenvalue weighted by Gasteiger charge is -2.15. The van der Waals surface area contributed by atoms with Gasteiger partial charge in [0.05, 0.1) is 10.5 Å². The van der Waals surface area contributed by atoms with Crippen molar-refractivity contribution in [2.75, 3.05) is 6.54 Å². The summed E-state index contributed by atoms with van der Waals surface area (Å²) in [5.41, 5.74) is 1.26. The first-order valence-corrected chi connectivity index (χ1v) is 7.13. The van der Waals surface area contributed by atoms with Crippen LogP contribution < -0.4 is 10.1 Å². The second-order valence-corrected chi connectivity index (χ2v) is 5.48. The van der Waals surface area contributed by atoms with E-state index in [2.05, 4.69) is 65.4 Å². The highest BCUT2D eigenvalue weighted by Crippen LogP contribution is 2.45. The van der Waals surface area contributed by atoms with Gasteiger partial charge >= 0.3 is 0 Å². The SMILES string of the molecule is CCNC1c2cc3ccccc3c(Br)c2OC1C. The molecule has 18 heavy (non-hydrogen) atoms. The number of rotatable bonds is 2. The van der Waals surface area contributed by atoms with Crippen LogP contribution in [0.15, 0.2) is 34.8 Å². The molecule has 3 rings (SSSR count). The highest BCUT2D eigenvalue weighted by molar-refractivity contribution is 9.10. The minimum Gasteiger partial charge on any atom is -0.487 e. The smallest absolute Gasteiger partial charge is 0.139 e. The average Bonchev–Trinajstić information content (AvgIpc) is 2.68. The Morgan fingerprint density at radius 3 is 2.89 bits per heavy atom. The minimum atomic E-state index is 0.174. The predicted octanol–water partition coefficient (Wildman–Crippen LogP) is 4.03. The minimum absolute atomic E-state index is 0.174.